The highest BCUT2D eigenvalue weighted by Crippen LogP contribution is 2.19. The molecule has 2 aromatic rings. The number of urea groups is 1. The number of amides is 3. The third-order valence-corrected chi connectivity index (χ3v) is 5.13. The van der Waals surface area contributed by atoms with Crippen molar-refractivity contribution >= 4 is 11.9 Å². The van der Waals surface area contributed by atoms with Crippen molar-refractivity contribution < 1.29 is 18.7 Å². The minimum Gasteiger partial charge on any atom is -0.489 e. The maximum atomic E-state index is 12.9. The molecule has 0 aliphatic carbocycles. The molecule has 7 heteroatoms. The van der Waals surface area contributed by atoms with E-state index in [1.54, 1.807) is 12.1 Å². The number of rotatable bonds is 8. The van der Waals surface area contributed by atoms with Gasteiger partial charge in [0.2, 0.25) is 5.91 Å². The van der Waals surface area contributed by atoms with Crippen LogP contribution in [-0.4, -0.2) is 36.5 Å². The predicted octanol–water partition coefficient (Wildman–Crippen LogP) is 3.78. The molecule has 2 aromatic carbocycles. The maximum absolute atomic E-state index is 12.9. The van der Waals surface area contributed by atoms with Crippen LogP contribution in [0.3, 0.4) is 0 Å². The minimum absolute atomic E-state index is 0.0945. The average Bonchev–Trinajstić information content (AvgIpc) is 3.29. The second kappa shape index (κ2) is 10.6. The first kappa shape index (κ1) is 21.6. The third kappa shape index (κ3) is 6.47. The molecule has 1 unspecified atom stereocenters. The predicted molar refractivity (Wildman–Crippen MR) is 113 cm³/mol. The summed E-state index contributed by atoms with van der Waals surface area (Å²) in [7, 11) is 0. The van der Waals surface area contributed by atoms with Gasteiger partial charge in [0, 0.05) is 26.1 Å². The van der Waals surface area contributed by atoms with Gasteiger partial charge in [-0.25, -0.2) is 9.18 Å². The Morgan fingerprint density at radius 1 is 1.07 bits per heavy atom. The fourth-order valence-electron chi connectivity index (χ4n) is 3.34. The zero-order chi connectivity index (χ0) is 21.3. The summed E-state index contributed by atoms with van der Waals surface area (Å²) in [6, 6.07) is 13.2. The van der Waals surface area contributed by atoms with Crippen molar-refractivity contribution in [3.05, 3.63) is 65.5 Å². The highest BCUT2D eigenvalue weighted by molar-refractivity contribution is 5.78. The van der Waals surface area contributed by atoms with Crippen LogP contribution in [0.1, 0.15) is 43.4 Å². The zero-order valence-corrected chi connectivity index (χ0v) is 17.2. The number of nitrogens with one attached hydrogen (secondary N) is 2. The maximum Gasteiger partial charge on any atom is 0.315 e. The first-order valence-corrected chi connectivity index (χ1v) is 10.3. The Labute approximate surface area is 176 Å². The molecule has 30 heavy (non-hydrogen) atoms. The van der Waals surface area contributed by atoms with E-state index in [-0.39, 0.29) is 23.8 Å². The van der Waals surface area contributed by atoms with Crippen molar-refractivity contribution in [2.24, 2.45) is 0 Å². The van der Waals surface area contributed by atoms with Gasteiger partial charge >= 0.3 is 6.03 Å². The fraction of sp³-hybridized carbons (Fsp3) is 0.391. The van der Waals surface area contributed by atoms with Crippen LogP contribution in [0.15, 0.2) is 48.5 Å². The lowest BCUT2D eigenvalue weighted by Crippen LogP contribution is -2.39. The molecule has 0 saturated carbocycles. The molecule has 1 aliphatic heterocycles. The summed E-state index contributed by atoms with van der Waals surface area (Å²) in [5.41, 5.74) is 1.82. The van der Waals surface area contributed by atoms with E-state index in [1.165, 1.54) is 12.1 Å². The molecular weight excluding hydrogens is 385 g/mol. The molecule has 0 radical (unpaired) electrons. The Hall–Kier alpha value is -3.09. The highest BCUT2D eigenvalue weighted by Gasteiger charge is 2.17. The van der Waals surface area contributed by atoms with E-state index < -0.39 is 0 Å². The molecule has 2 N–H and O–H groups in total. The van der Waals surface area contributed by atoms with E-state index in [1.807, 2.05) is 36.1 Å². The first-order chi connectivity index (χ1) is 14.5. The van der Waals surface area contributed by atoms with Crippen LogP contribution in [0.5, 0.6) is 5.75 Å². The number of halogens is 1. The van der Waals surface area contributed by atoms with Crippen LogP contribution < -0.4 is 15.4 Å². The van der Waals surface area contributed by atoms with Crippen molar-refractivity contribution in [2.45, 2.75) is 38.8 Å². The quantitative estimate of drug-likeness (QED) is 0.692. The normalized spacial score (nSPS) is 14.3. The van der Waals surface area contributed by atoms with Gasteiger partial charge in [0.05, 0.1) is 6.04 Å². The van der Waals surface area contributed by atoms with Gasteiger partial charge in [0.1, 0.15) is 18.2 Å². The number of carbonyl (C=O) groups is 2. The molecule has 3 rings (SSSR count). The summed E-state index contributed by atoms with van der Waals surface area (Å²) in [6.45, 7) is 4.22. The van der Waals surface area contributed by atoms with Gasteiger partial charge in [0.25, 0.3) is 0 Å². The fourth-order valence-corrected chi connectivity index (χ4v) is 3.34. The summed E-state index contributed by atoms with van der Waals surface area (Å²) >= 11 is 0. The van der Waals surface area contributed by atoms with Gasteiger partial charge < -0.3 is 20.3 Å². The van der Waals surface area contributed by atoms with Gasteiger partial charge in [-0.3, -0.25) is 4.79 Å². The SMILES string of the molecule is CC(NC(=O)NCCC(=O)N1CCCC1)c1ccc(OCc2ccc(F)cc2)cc1. The van der Waals surface area contributed by atoms with Crippen molar-refractivity contribution in [2.75, 3.05) is 19.6 Å². The first-order valence-electron chi connectivity index (χ1n) is 10.3. The van der Waals surface area contributed by atoms with E-state index in [0.717, 1.165) is 37.1 Å². The molecule has 1 saturated heterocycles. The smallest absolute Gasteiger partial charge is 0.315 e. The van der Waals surface area contributed by atoms with Gasteiger partial charge in [-0.1, -0.05) is 24.3 Å². The monoisotopic (exact) mass is 413 g/mol. The van der Waals surface area contributed by atoms with Crippen LogP contribution in [0.4, 0.5) is 9.18 Å². The molecule has 1 atom stereocenters. The number of likely N-dealkylation sites (tertiary alicyclic amines) is 1. The van der Waals surface area contributed by atoms with Crippen LogP contribution in [0.25, 0.3) is 0 Å². The lowest BCUT2D eigenvalue weighted by molar-refractivity contribution is -0.129. The lowest BCUT2D eigenvalue weighted by Gasteiger charge is -2.17. The minimum atomic E-state index is -0.298. The van der Waals surface area contributed by atoms with Gasteiger partial charge in [-0.2, -0.15) is 0 Å². The Morgan fingerprint density at radius 3 is 2.40 bits per heavy atom. The Balaban J connectivity index is 1.38. The number of benzene rings is 2. The molecule has 1 aliphatic rings. The lowest BCUT2D eigenvalue weighted by atomic mass is 10.1. The summed E-state index contributed by atoms with van der Waals surface area (Å²) < 4.78 is 18.6. The van der Waals surface area contributed by atoms with E-state index >= 15 is 0 Å². The molecule has 1 heterocycles. The van der Waals surface area contributed by atoms with Crippen LogP contribution >= 0.6 is 0 Å². The van der Waals surface area contributed by atoms with Crippen LogP contribution in [0.2, 0.25) is 0 Å². The van der Waals surface area contributed by atoms with Crippen molar-refractivity contribution in [1.82, 2.24) is 15.5 Å². The summed E-state index contributed by atoms with van der Waals surface area (Å²) in [6.07, 6.45) is 2.45. The molecule has 0 spiro atoms. The van der Waals surface area contributed by atoms with E-state index in [2.05, 4.69) is 10.6 Å². The second-order valence-electron chi connectivity index (χ2n) is 7.44. The molecular formula is C23H28FN3O3. The topological polar surface area (TPSA) is 70.7 Å². The highest BCUT2D eigenvalue weighted by atomic mass is 19.1. The molecule has 1 fully saturated rings. The second-order valence-corrected chi connectivity index (χ2v) is 7.44. The Morgan fingerprint density at radius 2 is 1.73 bits per heavy atom. The summed E-state index contributed by atoms with van der Waals surface area (Å²) in [5, 5.41) is 5.61. The van der Waals surface area contributed by atoms with E-state index in [9.17, 15) is 14.0 Å². The molecule has 0 aromatic heterocycles. The van der Waals surface area contributed by atoms with E-state index in [0.29, 0.717) is 25.3 Å². The number of hydrogen-bond acceptors (Lipinski definition) is 3. The third-order valence-electron chi connectivity index (χ3n) is 5.13. The Bertz CT molecular complexity index is 834. The Kier molecular flexibility index (Phi) is 7.65. The summed E-state index contributed by atoms with van der Waals surface area (Å²) in [5.74, 6) is 0.518. The van der Waals surface area contributed by atoms with Crippen LogP contribution in [-0.2, 0) is 11.4 Å². The number of carbonyl (C=O) groups excluding carboxylic acids is 2. The number of hydrogen-bond donors (Lipinski definition) is 2. The van der Waals surface area contributed by atoms with Gasteiger partial charge in [0.15, 0.2) is 0 Å². The molecule has 3 amide bonds. The zero-order valence-electron chi connectivity index (χ0n) is 17.2. The standard InChI is InChI=1S/C23H28FN3O3/c1-17(26-23(29)25-13-12-22(28)27-14-2-3-15-27)19-6-10-21(11-7-19)30-16-18-4-8-20(24)9-5-18/h4-11,17H,2-3,12-16H2,1H3,(H2,25,26,29). The van der Waals surface area contributed by atoms with Gasteiger partial charge in [-0.05, 0) is 55.2 Å². The van der Waals surface area contributed by atoms with Crippen molar-refractivity contribution in [1.29, 1.82) is 0 Å². The van der Waals surface area contributed by atoms with Crippen molar-refractivity contribution in [3.8, 4) is 5.75 Å². The van der Waals surface area contributed by atoms with Crippen LogP contribution in [0, 0.1) is 5.82 Å². The molecule has 6 nitrogen and oxygen atoms in total. The largest absolute Gasteiger partial charge is 0.489 e. The number of ether oxygens (including phenoxy) is 1. The molecule has 160 valence electrons. The van der Waals surface area contributed by atoms with Gasteiger partial charge in [-0.15, -0.1) is 0 Å². The van der Waals surface area contributed by atoms with E-state index in [4.69, 9.17) is 4.74 Å². The molecule has 0 bridgehead atoms. The summed E-state index contributed by atoms with van der Waals surface area (Å²) in [4.78, 5) is 25.9. The van der Waals surface area contributed by atoms with Crippen molar-refractivity contribution in [3.63, 3.8) is 0 Å². The average molecular weight is 413 g/mol. The number of nitrogens with zero attached hydrogens (tertiary/aromatic N) is 1.